The summed E-state index contributed by atoms with van der Waals surface area (Å²) in [4.78, 5) is 54.1. The lowest BCUT2D eigenvalue weighted by atomic mass is 10.1. The van der Waals surface area contributed by atoms with Crippen LogP contribution in [-0.2, 0) is 41.9 Å². The van der Waals surface area contributed by atoms with Gasteiger partial charge in [0.05, 0.1) is 0 Å². The molecule has 202 valence electrons. The molecule has 2 heterocycles. The van der Waals surface area contributed by atoms with Gasteiger partial charge in [0.15, 0.2) is 0 Å². The molecule has 2 aromatic carbocycles. The summed E-state index contributed by atoms with van der Waals surface area (Å²) < 4.78 is 10.9. The van der Waals surface area contributed by atoms with Crippen molar-refractivity contribution >= 4 is 23.8 Å². The highest BCUT2D eigenvalue weighted by Gasteiger charge is 2.36. The largest absolute Gasteiger partial charge is 0.459 e. The van der Waals surface area contributed by atoms with Crippen LogP contribution in [0.15, 0.2) is 60.7 Å². The summed E-state index contributed by atoms with van der Waals surface area (Å²) in [5.74, 6) is -0.900. The number of benzene rings is 2. The first kappa shape index (κ1) is 27.4. The maximum atomic E-state index is 12.8. The molecular weight excluding hydrogens is 484 g/mol. The van der Waals surface area contributed by atoms with E-state index < -0.39 is 12.1 Å². The number of rotatable bonds is 11. The van der Waals surface area contributed by atoms with Crippen molar-refractivity contribution in [1.29, 1.82) is 0 Å². The van der Waals surface area contributed by atoms with E-state index in [0.29, 0.717) is 38.8 Å². The third kappa shape index (κ3) is 7.43. The summed E-state index contributed by atoms with van der Waals surface area (Å²) in [5, 5.41) is 0. The second kappa shape index (κ2) is 13.7. The van der Waals surface area contributed by atoms with Crippen molar-refractivity contribution in [2.75, 3.05) is 13.1 Å². The first-order chi connectivity index (χ1) is 18.5. The average Bonchev–Trinajstić information content (AvgIpc) is 3.64. The van der Waals surface area contributed by atoms with Gasteiger partial charge in [0.2, 0.25) is 11.8 Å². The molecule has 2 aromatic rings. The Morgan fingerprint density at radius 3 is 1.42 bits per heavy atom. The highest BCUT2D eigenvalue weighted by atomic mass is 16.5. The Balaban J connectivity index is 1.16. The molecule has 2 atom stereocenters. The van der Waals surface area contributed by atoms with Gasteiger partial charge in [-0.05, 0) is 49.7 Å². The Labute approximate surface area is 223 Å². The summed E-state index contributed by atoms with van der Waals surface area (Å²) in [5.41, 5.74) is 1.82. The van der Waals surface area contributed by atoms with Crippen molar-refractivity contribution in [3.63, 3.8) is 0 Å². The van der Waals surface area contributed by atoms with Crippen LogP contribution in [0.5, 0.6) is 0 Å². The molecule has 38 heavy (non-hydrogen) atoms. The molecule has 2 saturated heterocycles. The van der Waals surface area contributed by atoms with E-state index in [4.69, 9.17) is 9.47 Å². The SMILES string of the molecule is O=C(OCc1ccccc1)C1CCCN1C(=O)CCCCC(=O)N1CCCC1C(=O)OCc1ccccc1. The number of amides is 2. The number of carbonyl (C=O) groups is 4. The monoisotopic (exact) mass is 520 g/mol. The quantitative estimate of drug-likeness (QED) is 0.328. The van der Waals surface area contributed by atoms with Gasteiger partial charge >= 0.3 is 11.9 Å². The van der Waals surface area contributed by atoms with E-state index in [1.54, 1.807) is 9.80 Å². The number of likely N-dealkylation sites (tertiary alicyclic amines) is 2. The molecule has 2 aliphatic rings. The van der Waals surface area contributed by atoms with Crippen molar-refractivity contribution in [3.8, 4) is 0 Å². The first-order valence-electron chi connectivity index (χ1n) is 13.5. The Kier molecular flexibility index (Phi) is 9.90. The van der Waals surface area contributed by atoms with Crippen molar-refractivity contribution in [3.05, 3.63) is 71.8 Å². The second-order valence-corrected chi connectivity index (χ2v) is 9.88. The van der Waals surface area contributed by atoms with Gasteiger partial charge in [-0.25, -0.2) is 9.59 Å². The summed E-state index contributed by atoms with van der Waals surface area (Å²) in [6.07, 6.45) is 4.39. The standard InChI is InChI=1S/C30H36N2O6/c33-27(31-19-9-15-25(31)29(35)37-21-23-11-3-1-4-12-23)17-7-8-18-28(34)32-20-10-16-26(32)30(36)38-22-24-13-5-2-6-14-24/h1-6,11-14,25-26H,7-10,15-22H2. The molecule has 2 amide bonds. The molecule has 2 unspecified atom stereocenters. The normalized spacial score (nSPS) is 18.8. The van der Waals surface area contributed by atoms with Crippen LogP contribution in [0, 0.1) is 0 Å². The van der Waals surface area contributed by atoms with Crippen molar-refractivity contribution in [2.45, 2.75) is 76.7 Å². The minimum absolute atomic E-state index is 0.0832. The molecule has 0 aromatic heterocycles. The first-order valence-corrected chi connectivity index (χ1v) is 13.5. The fourth-order valence-corrected chi connectivity index (χ4v) is 5.11. The Bertz CT molecular complexity index is 1000. The number of ether oxygens (including phenoxy) is 2. The summed E-state index contributed by atoms with van der Waals surface area (Å²) >= 11 is 0. The molecule has 0 saturated carbocycles. The number of unbranched alkanes of at least 4 members (excludes halogenated alkanes) is 1. The fraction of sp³-hybridized carbons (Fsp3) is 0.467. The minimum Gasteiger partial charge on any atom is -0.459 e. The van der Waals surface area contributed by atoms with Gasteiger partial charge in [0.25, 0.3) is 0 Å². The fourth-order valence-electron chi connectivity index (χ4n) is 5.11. The predicted octanol–water partition coefficient (Wildman–Crippen LogP) is 4.02. The van der Waals surface area contributed by atoms with Gasteiger partial charge in [0.1, 0.15) is 25.3 Å². The molecule has 8 heteroatoms. The molecule has 4 rings (SSSR count). The van der Waals surface area contributed by atoms with Crippen LogP contribution < -0.4 is 0 Å². The minimum atomic E-state index is -0.542. The number of nitrogens with zero attached hydrogens (tertiary/aromatic N) is 2. The van der Waals surface area contributed by atoms with Crippen molar-refractivity contribution in [1.82, 2.24) is 9.80 Å². The van der Waals surface area contributed by atoms with Gasteiger partial charge in [0, 0.05) is 25.9 Å². The summed E-state index contributed by atoms with van der Waals surface area (Å²) in [7, 11) is 0. The van der Waals surface area contributed by atoms with Crippen LogP contribution in [0.3, 0.4) is 0 Å². The average molecular weight is 521 g/mol. The van der Waals surface area contributed by atoms with Crippen LogP contribution in [-0.4, -0.2) is 58.7 Å². The number of hydrogen-bond acceptors (Lipinski definition) is 6. The van der Waals surface area contributed by atoms with Crippen molar-refractivity contribution < 1.29 is 28.7 Å². The van der Waals surface area contributed by atoms with Crippen LogP contribution in [0.25, 0.3) is 0 Å². The molecule has 8 nitrogen and oxygen atoms in total. The third-order valence-electron chi connectivity index (χ3n) is 7.17. The second-order valence-electron chi connectivity index (χ2n) is 9.88. The zero-order chi connectivity index (χ0) is 26.7. The van der Waals surface area contributed by atoms with E-state index in [0.717, 1.165) is 24.0 Å². The number of carbonyl (C=O) groups excluding carboxylic acids is 4. The third-order valence-corrected chi connectivity index (χ3v) is 7.17. The van der Waals surface area contributed by atoms with Crippen LogP contribution in [0.1, 0.15) is 62.5 Å². The van der Waals surface area contributed by atoms with Gasteiger partial charge in [-0.15, -0.1) is 0 Å². The Morgan fingerprint density at radius 1 is 0.632 bits per heavy atom. The Hall–Kier alpha value is -3.68. The lowest BCUT2D eigenvalue weighted by Gasteiger charge is -2.24. The van der Waals surface area contributed by atoms with Crippen LogP contribution in [0.2, 0.25) is 0 Å². The molecule has 0 spiro atoms. The van der Waals surface area contributed by atoms with Gasteiger partial charge in [-0.1, -0.05) is 60.7 Å². The highest BCUT2D eigenvalue weighted by Crippen LogP contribution is 2.23. The predicted molar refractivity (Wildman–Crippen MR) is 140 cm³/mol. The van der Waals surface area contributed by atoms with E-state index in [9.17, 15) is 19.2 Å². The van der Waals surface area contributed by atoms with Gasteiger partial charge in [-0.2, -0.15) is 0 Å². The smallest absolute Gasteiger partial charge is 0.329 e. The molecular formula is C30H36N2O6. The lowest BCUT2D eigenvalue weighted by Crippen LogP contribution is -2.41. The topological polar surface area (TPSA) is 93.2 Å². The van der Waals surface area contributed by atoms with Gasteiger partial charge in [-0.3, -0.25) is 9.59 Å². The summed E-state index contributed by atoms with van der Waals surface area (Å²) in [6, 6.07) is 17.9. The zero-order valence-electron chi connectivity index (χ0n) is 21.8. The zero-order valence-corrected chi connectivity index (χ0v) is 21.8. The maximum Gasteiger partial charge on any atom is 0.329 e. The van der Waals surface area contributed by atoms with Gasteiger partial charge < -0.3 is 19.3 Å². The molecule has 0 radical (unpaired) electrons. The molecule has 0 bridgehead atoms. The van der Waals surface area contributed by atoms with E-state index in [2.05, 4.69) is 0 Å². The number of esters is 2. The molecule has 2 fully saturated rings. The van der Waals surface area contributed by atoms with E-state index in [1.807, 2.05) is 60.7 Å². The molecule has 0 aliphatic carbocycles. The molecule has 0 N–H and O–H groups in total. The molecule has 2 aliphatic heterocycles. The summed E-state index contributed by atoms with van der Waals surface area (Å²) in [6.45, 7) is 1.47. The van der Waals surface area contributed by atoms with E-state index >= 15 is 0 Å². The number of hydrogen-bond donors (Lipinski definition) is 0. The van der Waals surface area contributed by atoms with E-state index in [1.165, 1.54) is 0 Å². The van der Waals surface area contributed by atoms with Crippen LogP contribution in [0.4, 0.5) is 0 Å². The highest BCUT2D eigenvalue weighted by molar-refractivity contribution is 5.86. The lowest BCUT2D eigenvalue weighted by molar-refractivity contribution is -0.155. The van der Waals surface area contributed by atoms with E-state index in [-0.39, 0.29) is 49.8 Å². The van der Waals surface area contributed by atoms with Crippen molar-refractivity contribution in [2.24, 2.45) is 0 Å². The van der Waals surface area contributed by atoms with Crippen LogP contribution >= 0.6 is 0 Å². The Morgan fingerprint density at radius 2 is 1.03 bits per heavy atom. The maximum absolute atomic E-state index is 12.8.